The maximum absolute atomic E-state index is 10.7. The van der Waals surface area contributed by atoms with Gasteiger partial charge in [-0.15, -0.1) is 0 Å². The Hall–Kier alpha value is -1.58. The number of hydrogen-bond acceptors (Lipinski definition) is 3. The SMILES string of the molecule is [CH2]CCN1CCc2cc(CC(C)[N+](=O)[O-])ccc21. The molecule has 1 unspecified atom stereocenters. The van der Waals surface area contributed by atoms with Crippen molar-refractivity contribution in [1.29, 1.82) is 0 Å². The van der Waals surface area contributed by atoms with Crippen LogP contribution in [-0.2, 0) is 12.8 Å². The molecule has 18 heavy (non-hydrogen) atoms. The quantitative estimate of drug-likeness (QED) is 0.593. The van der Waals surface area contributed by atoms with Crippen LogP contribution in [-0.4, -0.2) is 24.1 Å². The Bertz CT molecular complexity index is 445. The van der Waals surface area contributed by atoms with Gasteiger partial charge in [0.2, 0.25) is 6.04 Å². The van der Waals surface area contributed by atoms with Crippen molar-refractivity contribution >= 4 is 5.69 Å². The fourth-order valence-corrected chi connectivity index (χ4v) is 2.49. The second kappa shape index (κ2) is 5.38. The van der Waals surface area contributed by atoms with Crippen LogP contribution in [0.2, 0.25) is 0 Å². The summed E-state index contributed by atoms with van der Waals surface area (Å²) >= 11 is 0. The summed E-state index contributed by atoms with van der Waals surface area (Å²) in [7, 11) is 0. The predicted octanol–water partition coefficient (Wildman–Crippen LogP) is 2.48. The molecule has 2 rings (SSSR count). The molecule has 1 heterocycles. The van der Waals surface area contributed by atoms with Gasteiger partial charge in [-0.25, -0.2) is 0 Å². The number of nitro groups is 1. The zero-order valence-corrected chi connectivity index (χ0v) is 10.8. The molecular formula is C14H19N2O2. The van der Waals surface area contributed by atoms with Crippen molar-refractivity contribution in [3.8, 4) is 0 Å². The molecule has 1 aliphatic heterocycles. The maximum Gasteiger partial charge on any atom is 0.214 e. The van der Waals surface area contributed by atoms with E-state index in [-0.39, 0.29) is 4.92 Å². The van der Waals surface area contributed by atoms with Gasteiger partial charge in [0.15, 0.2) is 0 Å². The van der Waals surface area contributed by atoms with E-state index >= 15 is 0 Å². The molecule has 1 aromatic rings. The minimum atomic E-state index is -0.514. The number of fused-ring (bicyclic) bond motifs is 1. The molecule has 4 heteroatoms. The van der Waals surface area contributed by atoms with Crippen LogP contribution in [0, 0.1) is 17.0 Å². The first kappa shape index (κ1) is 12.9. The number of nitrogens with zero attached hydrogens (tertiary/aromatic N) is 2. The number of benzene rings is 1. The summed E-state index contributed by atoms with van der Waals surface area (Å²) < 4.78 is 0. The van der Waals surface area contributed by atoms with Crippen molar-refractivity contribution in [2.75, 3.05) is 18.0 Å². The van der Waals surface area contributed by atoms with E-state index in [1.54, 1.807) is 6.92 Å². The average Bonchev–Trinajstić information content (AvgIpc) is 2.72. The van der Waals surface area contributed by atoms with Gasteiger partial charge in [0.05, 0.1) is 0 Å². The van der Waals surface area contributed by atoms with Gasteiger partial charge < -0.3 is 4.90 Å². The Balaban J connectivity index is 2.12. The standard InChI is InChI=1S/C14H19N2O2/c1-3-7-15-8-6-13-10-12(4-5-14(13)15)9-11(2)16(17)18/h4-5,10-11H,1,3,6-9H2,2H3. The molecule has 0 saturated carbocycles. The van der Waals surface area contributed by atoms with Crippen LogP contribution in [0.5, 0.6) is 0 Å². The third-order valence-corrected chi connectivity index (χ3v) is 3.45. The molecule has 0 amide bonds. The van der Waals surface area contributed by atoms with Gasteiger partial charge >= 0.3 is 0 Å². The Morgan fingerprint density at radius 2 is 2.33 bits per heavy atom. The zero-order valence-electron chi connectivity index (χ0n) is 10.8. The molecule has 0 spiro atoms. The fourth-order valence-electron chi connectivity index (χ4n) is 2.49. The van der Waals surface area contributed by atoms with E-state index in [4.69, 9.17) is 0 Å². The molecule has 1 aromatic carbocycles. The summed E-state index contributed by atoms with van der Waals surface area (Å²) in [5.41, 5.74) is 3.65. The van der Waals surface area contributed by atoms with E-state index in [1.165, 1.54) is 11.3 Å². The average molecular weight is 247 g/mol. The first-order valence-electron chi connectivity index (χ1n) is 6.41. The molecule has 0 bridgehead atoms. The maximum atomic E-state index is 10.7. The van der Waals surface area contributed by atoms with Crippen molar-refractivity contribution in [1.82, 2.24) is 0 Å². The van der Waals surface area contributed by atoms with Crippen molar-refractivity contribution in [3.63, 3.8) is 0 Å². The Morgan fingerprint density at radius 3 is 3.00 bits per heavy atom. The Morgan fingerprint density at radius 1 is 1.56 bits per heavy atom. The minimum absolute atomic E-state index is 0.220. The zero-order chi connectivity index (χ0) is 13.1. The topological polar surface area (TPSA) is 46.4 Å². The summed E-state index contributed by atoms with van der Waals surface area (Å²) in [6, 6.07) is 5.72. The highest BCUT2D eigenvalue weighted by Crippen LogP contribution is 2.29. The van der Waals surface area contributed by atoms with E-state index in [9.17, 15) is 10.1 Å². The summed E-state index contributed by atoms with van der Waals surface area (Å²) in [4.78, 5) is 12.8. The predicted molar refractivity (Wildman–Crippen MR) is 72.5 cm³/mol. The molecule has 1 radical (unpaired) electrons. The van der Waals surface area contributed by atoms with Gasteiger partial charge in [0, 0.05) is 37.0 Å². The van der Waals surface area contributed by atoms with E-state index in [2.05, 4.69) is 24.0 Å². The van der Waals surface area contributed by atoms with Gasteiger partial charge in [0.25, 0.3) is 0 Å². The summed E-state index contributed by atoms with van der Waals surface area (Å²) in [5.74, 6) is 0. The lowest BCUT2D eigenvalue weighted by atomic mass is 10.0. The molecular weight excluding hydrogens is 228 g/mol. The monoisotopic (exact) mass is 247 g/mol. The fraction of sp³-hybridized carbons (Fsp3) is 0.500. The van der Waals surface area contributed by atoms with Crippen molar-refractivity contribution in [3.05, 3.63) is 46.4 Å². The minimum Gasteiger partial charge on any atom is -0.371 e. The van der Waals surface area contributed by atoms with Crippen molar-refractivity contribution in [2.45, 2.75) is 32.2 Å². The van der Waals surface area contributed by atoms with Gasteiger partial charge in [-0.05, 0) is 30.0 Å². The second-order valence-corrected chi connectivity index (χ2v) is 4.89. The van der Waals surface area contributed by atoms with Crippen molar-refractivity contribution < 1.29 is 4.92 Å². The van der Waals surface area contributed by atoms with Crippen LogP contribution >= 0.6 is 0 Å². The van der Waals surface area contributed by atoms with Crippen molar-refractivity contribution in [2.24, 2.45) is 0 Å². The van der Waals surface area contributed by atoms with Crippen LogP contribution in [0.3, 0.4) is 0 Å². The smallest absolute Gasteiger partial charge is 0.214 e. The Kier molecular flexibility index (Phi) is 3.84. The van der Waals surface area contributed by atoms with Crippen LogP contribution in [0.15, 0.2) is 18.2 Å². The molecule has 0 fully saturated rings. The summed E-state index contributed by atoms with van der Waals surface area (Å²) in [6.07, 6.45) is 2.45. The highest BCUT2D eigenvalue weighted by atomic mass is 16.6. The van der Waals surface area contributed by atoms with Crippen LogP contribution in [0.4, 0.5) is 5.69 Å². The number of rotatable bonds is 5. The van der Waals surface area contributed by atoms with Crippen LogP contribution in [0.1, 0.15) is 24.5 Å². The molecule has 97 valence electrons. The van der Waals surface area contributed by atoms with Gasteiger partial charge in [-0.3, -0.25) is 10.1 Å². The lowest BCUT2D eigenvalue weighted by Gasteiger charge is -2.18. The van der Waals surface area contributed by atoms with E-state index < -0.39 is 6.04 Å². The lowest BCUT2D eigenvalue weighted by Crippen LogP contribution is -2.21. The molecule has 0 N–H and O–H groups in total. The largest absolute Gasteiger partial charge is 0.371 e. The van der Waals surface area contributed by atoms with E-state index in [0.29, 0.717) is 6.42 Å². The Labute approximate surface area is 108 Å². The molecule has 0 aromatic heterocycles. The van der Waals surface area contributed by atoms with Gasteiger partial charge in [-0.1, -0.05) is 19.1 Å². The lowest BCUT2D eigenvalue weighted by molar-refractivity contribution is -0.517. The van der Waals surface area contributed by atoms with E-state index in [1.807, 2.05) is 6.07 Å². The summed E-state index contributed by atoms with van der Waals surface area (Å²) in [5, 5.41) is 10.7. The second-order valence-electron chi connectivity index (χ2n) is 4.89. The molecule has 1 aliphatic rings. The highest BCUT2D eigenvalue weighted by molar-refractivity contribution is 5.59. The van der Waals surface area contributed by atoms with Crippen LogP contribution < -0.4 is 4.90 Å². The number of anilines is 1. The van der Waals surface area contributed by atoms with Gasteiger partial charge in [-0.2, -0.15) is 0 Å². The van der Waals surface area contributed by atoms with Crippen LogP contribution in [0.25, 0.3) is 0 Å². The third kappa shape index (κ3) is 2.63. The molecule has 1 atom stereocenters. The normalized spacial score (nSPS) is 15.6. The molecule has 0 aliphatic carbocycles. The molecule has 4 nitrogen and oxygen atoms in total. The van der Waals surface area contributed by atoms with Gasteiger partial charge in [0.1, 0.15) is 0 Å². The first-order valence-corrected chi connectivity index (χ1v) is 6.41. The van der Waals surface area contributed by atoms with E-state index in [0.717, 1.165) is 31.5 Å². The summed E-state index contributed by atoms with van der Waals surface area (Å²) in [6.45, 7) is 7.56. The highest BCUT2D eigenvalue weighted by Gasteiger charge is 2.20. The third-order valence-electron chi connectivity index (χ3n) is 3.45. The first-order chi connectivity index (χ1) is 8.61. The molecule has 0 saturated heterocycles. The number of hydrogen-bond donors (Lipinski definition) is 0.